The van der Waals surface area contributed by atoms with Crippen LogP contribution in [0.25, 0.3) is 0 Å². The van der Waals surface area contributed by atoms with E-state index in [0.29, 0.717) is 19.4 Å². The Hall–Kier alpha value is -3.08. The molecule has 3 rings (SSSR count). The second-order valence-electron chi connectivity index (χ2n) is 6.58. The maximum absolute atomic E-state index is 12.5. The molecule has 0 spiro atoms. The van der Waals surface area contributed by atoms with E-state index in [1.807, 2.05) is 79.3 Å². The van der Waals surface area contributed by atoms with E-state index >= 15 is 0 Å². The number of aryl methyl sites for hydroxylation is 2. The summed E-state index contributed by atoms with van der Waals surface area (Å²) >= 11 is 0. The second-order valence-corrected chi connectivity index (χ2v) is 6.58. The molecule has 1 N–H and O–H groups in total. The predicted molar refractivity (Wildman–Crippen MR) is 106 cm³/mol. The normalized spacial score (nSPS) is 11.8. The number of aromatic nitrogens is 2. The monoisotopic (exact) mass is 363 g/mol. The largest absolute Gasteiger partial charge is 0.494 e. The van der Waals surface area contributed by atoms with Crippen LogP contribution in [0.4, 0.5) is 0 Å². The Kier molecular flexibility index (Phi) is 6.26. The van der Waals surface area contributed by atoms with Crippen LogP contribution < -0.4 is 10.1 Å². The first-order valence-corrected chi connectivity index (χ1v) is 9.14. The molecule has 140 valence electrons. The molecule has 1 amide bonds. The lowest BCUT2D eigenvalue weighted by Crippen LogP contribution is -2.31. The summed E-state index contributed by atoms with van der Waals surface area (Å²) in [5, 5.41) is 3.11. The Morgan fingerprint density at radius 3 is 2.70 bits per heavy atom. The summed E-state index contributed by atoms with van der Waals surface area (Å²) in [6.45, 7) is 2.54. The van der Waals surface area contributed by atoms with E-state index in [-0.39, 0.29) is 11.9 Å². The number of nitrogens with zero attached hydrogens (tertiary/aromatic N) is 2. The smallest absolute Gasteiger partial charge is 0.220 e. The van der Waals surface area contributed by atoms with Gasteiger partial charge in [0.15, 0.2) is 0 Å². The first-order valence-electron chi connectivity index (χ1n) is 9.14. The molecular formula is C22H25N3O2. The van der Waals surface area contributed by atoms with Crippen molar-refractivity contribution in [2.24, 2.45) is 7.05 Å². The zero-order chi connectivity index (χ0) is 19.1. The number of rotatable bonds is 8. The topological polar surface area (TPSA) is 56.1 Å². The van der Waals surface area contributed by atoms with Gasteiger partial charge in [-0.05, 0) is 36.6 Å². The minimum Gasteiger partial charge on any atom is -0.494 e. The summed E-state index contributed by atoms with van der Waals surface area (Å²) < 4.78 is 7.65. The van der Waals surface area contributed by atoms with Crippen LogP contribution in [0.1, 0.15) is 35.8 Å². The first-order chi connectivity index (χ1) is 13.1. The number of hydrogen-bond donors (Lipinski definition) is 1. The lowest BCUT2D eigenvalue weighted by molar-refractivity contribution is -0.121. The van der Waals surface area contributed by atoms with Crippen molar-refractivity contribution in [3.63, 3.8) is 0 Å². The van der Waals surface area contributed by atoms with Crippen LogP contribution in [0.15, 0.2) is 67.0 Å². The molecule has 5 heteroatoms. The standard InChI is InChI=1S/C22H25N3O2/c1-17-8-6-11-19(16-17)27-15-7-12-20(26)24-21(18-9-4-3-5-10-18)22-23-13-14-25(22)2/h3-6,8-11,13-14,16,21H,7,12,15H2,1-2H3,(H,24,26)/t21-/m0/s1. The second kappa shape index (κ2) is 9.03. The van der Waals surface area contributed by atoms with Gasteiger partial charge in [-0.2, -0.15) is 0 Å². The summed E-state index contributed by atoms with van der Waals surface area (Å²) in [6, 6.07) is 17.5. The lowest BCUT2D eigenvalue weighted by Gasteiger charge is -2.19. The van der Waals surface area contributed by atoms with Crippen molar-refractivity contribution in [1.29, 1.82) is 0 Å². The Morgan fingerprint density at radius 1 is 1.19 bits per heavy atom. The van der Waals surface area contributed by atoms with Gasteiger partial charge in [0.05, 0.1) is 6.61 Å². The van der Waals surface area contributed by atoms with Crippen LogP contribution in [0, 0.1) is 6.92 Å². The van der Waals surface area contributed by atoms with Crippen molar-refractivity contribution in [1.82, 2.24) is 14.9 Å². The summed E-state index contributed by atoms with van der Waals surface area (Å²) in [5.41, 5.74) is 2.17. The van der Waals surface area contributed by atoms with Crippen LogP contribution in [0.5, 0.6) is 5.75 Å². The third-order valence-electron chi connectivity index (χ3n) is 4.36. The minimum atomic E-state index is -0.267. The van der Waals surface area contributed by atoms with Gasteiger partial charge in [-0.15, -0.1) is 0 Å². The molecule has 0 saturated heterocycles. The molecule has 5 nitrogen and oxygen atoms in total. The number of imidazole rings is 1. The van der Waals surface area contributed by atoms with Gasteiger partial charge in [0.2, 0.25) is 5.91 Å². The minimum absolute atomic E-state index is 0.0142. The number of carbonyl (C=O) groups excluding carboxylic acids is 1. The van der Waals surface area contributed by atoms with E-state index < -0.39 is 0 Å². The van der Waals surface area contributed by atoms with Gasteiger partial charge in [-0.25, -0.2) is 4.98 Å². The van der Waals surface area contributed by atoms with Crippen molar-refractivity contribution in [3.8, 4) is 5.75 Å². The molecule has 0 bridgehead atoms. The molecule has 27 heavy (non-hydrogen) atoms. The molecule has 1 heterocycles. The number of carbonyl (C=O) groups is 1. The van der Waals surface area contributed by atoms with Crippen molar-refractivity contribution in [2.45, 2.75) is 25.8 Å². The molecule has 0 fully saturated rings. The Morgan fingerprint density at radius 2 is 2.00 bits per heavy atom. The van der Waals surface area contributed by atoms with Gasteiger partial charge in [-0.3, -0.25) is 4.79 Å². The van der Waals surface area contributed by atoms with Gasteiger partial charge in [-0.1, -0.05) is 42.5 Å². The quantitative estimate of drug-likeness (QED) is 0.620. The zero-order valence-corrected chi connectivity index (χ0v) is 15.8. The van der Waals surface area contributed by atoms with E-state index in [1.165, 1.54) is 0 Å². The predicted octanol–water partition coefficient (Wildman–Crippen LogP) is 3.79. The number of hydrogen-bond acceptors (Lipinski definition) is 3. The van der Waals surface area contributed by atoms with Crippen LogP contribution in [-0.4, -0.2) is 22.1 Å². The van der Waals surface area contributed by atoms with Gasteiger partial charge in [0, 0.05) is 25.9 Å². The first kappa shape index (κ1) is 18.7. The average Bonchev–Trinajstić information content (AvgIpc) is 3.10. The molecular weight excluding hydrogens is 338 g/mol. The van der Waals surface area contributed by atoms with Crippen molar-refractivity contribution in [2.75, 3.05) is 6.61 Å². The highest BCUT2D eigenvalue weighted by Crippen LogP contribution is 2.20. The zero-order valence-electron chi connectivity index (χ0n) is 15.8. The molecule has 0 unspecified atom stereocenters. The summed E-state index contributed by atoms with van der Waals surface area (Å²) in [6.07, 6.45) is 4.68. The Bertz CT molecular complexity index is 874. The fourth-order valence-corrected chi connectivity index (χ4v) is 2.96. The molecule has 1 atom stereocenters. The summed E-state index contributed by atoms with van der Waals surface area (Å²) in [5.74, 6) is 1.64. The lowest BCUT2D eigenvalue weighted by atomic mass is 10.1. The van der Waals surface area contributed by atoms with E-state index in [4.69, 9.17) is 4.74 Å². The fourth-order valence-electron chi connectivity index (χ4n) is 2.96. The molecule has 1 aromatic heterocycles. The maximum atomic E-state index is 12.5. The van der Waals surface area contributed by atoms with Crippen LogP contribution >= 0.6 is 0 Å². The van der Waals surface area contributed by atoms with Crippen LogP contribution in [0.2, 0.25) is 0 Å². The van der Waals surface area contributed by atoms with Gasteiger partial charge in [0.25, 0.3) is 0 Å². The van der Waals surface area contributed by atoms with Crippen molar-refractivity contribution in [3.05, 3.63) is 83.9 Å². The van der Waals surface area contributed by atoms with Crippen molar-refractivity contribution >= 4 is 5.91 Å². The molecule has 2 aromatic carbocycles. The van der Waals surface area contributed by atoms with Crippen LogP contribution in [0.3, 0.4) is 0 Å². The van der Waals surface area contributed by atoms with Crippen molar-refractivity contribution < 1.29 is 9.53 Å². The Labute approximate surface area is 160 Å². The highest BCUT2D eigenvalue weighted by Gasteiger charge is 2.20. The number of nitrogens with one attached hydrogen (secondary N) is 1. The summed E-state index contributed by atoms with van der Waals surface area (Å²) in [7, 11) is 1.93. The number of benzene rings is 2. The Balaban J connectivity index is 1.56. The van der Waals surface area contributed by atoms with Crippen LogP contribution in [-0.2, 0) is 11.8 Å². The average molecular weight is 363 g/mol. The molecule has 0 radical (unpaired) electrons. The maximum Gasteiger partial charge on any atom is 0.220 e. The van der Waals surface area contributed by atoms with E-state index in [9.17, 15) is 4.79 Å². The molecule has 0 aliphatic rings. The highest BCUT2D eigenvalue weighted by atomic mass is 16.5. The third kappa shape index (κ3) is 5.20. The van der Waals surface area contributed by atoms with E-state index in [1.54, 1.807) is 6.20 Å². The molecule has 0 aliphatic heterocycles. The number of ether oxygens (including phenoxy) is 1. The fraction of sp³-hybridized carbons (Fsp3) is 0.273. The van der Waals surface area contributed by atoms with E-state index in [0.717, 1.165) is 22.7 Å². The van der Waals surface area contributed by atoms with E-state index in [2.05, 4.69) is 10.3 Å². The SMILES string of the molecule is Cc1cccc(OCCCC(=O)N[C@@H](c2ccccc2)c2nccn2C)c1. The third-order valence-corrected chi connectivity index (χ3v) is 4.36. The van der Waals surface area contributed by atoms with Gasteiger partial charge >= 0.3 is 0 Å². The molecule has 0 saturated carbocycles. The molecule has 0 aliphatic carbocycles. The highest BCUT2D eigenvalue weighted by molar-refractivity contribution is 5.76. The van der Waals surface area contributed by atoms with Gasteiger partial charge < -0.3 is 14.6 Å². The molecule has 3 aromatic rings. The summed E-state index contributed by atoms with van der Waals surface area (Å²) in [4.78, 5) is 16.9. The van der Waals surface area contributed by atoms with Gasteiger partial charge in [0.1, 0.15) is 17.6 Å². The number of amides is 1.